The zero-order valence-corrected chi connectivity index (χ0v) is 43.9. The highest BCUT2D eigenvalue weighted by Crippen LogP contribution is 2.41. The van der Waals surface area contributed by atoms with Crippen LogP contribution in [0.3, 0.4) is 0 Å². The van der Waals surface area contributed by atoms with Crippen molar-refractivity contribution in [2.75, 3.05) is 32.7 Å². The van der Waals surface area contributed by atoms with Gasteiger partial charge in [-0.1, -0.05) is 62.4 Å². The first-order chi connectivity index (χ1) is 37.7. The van der Waals surface area contributed by atoms with Gasteiger partial charge in [-0.15, -0.1) is 0 Å². The number of rotatable bonds is 20. The number of amides is 7. The van der Waals surface area contributed by atoms with Crippen molar-refractivity contribution in [2.24, 2.45) is 21.6 Å². The molecule has 1 unspecified atom stereocenters. The van der Waals surface area contributed by atoms with Gasteiger partial charge in [-0.2, -0.15) is 0 Å². The minimum atomic E-state index is -1.16. The summed E-state index contributed by atoms with van der Waals surface area (Å²) < 4.78 is 24.5. The van der Waals surface area contributed by atoms with E-state index in [9.17, 15) is 33.9 Å². The van der Waals surface area contributed by atoms with E-state index in [2.05, 4.69) is 33.4 Å². The van der Waals surface area contributed by atoms with Crippen LogP contribution in [0.2, 0.25) is 0 Å². The molecule has 0 aromatic heterocycles. The van der Waals surface area contributed by atoms with Gasteiger partial charge in [-0.25, -0.2) is 4.79 Å². The summed E-state index contributed by atoms with van der Waals surface area (Å²) in [6.07, 6.45) is 4.93. The van der Waals surface area contributed by atoms with Crippen molar-refractivity contribution in [2.45, 2.75) is 96.4 Å². The van der Waals surface area contributed by atoms with Crippen LogP contribution in [0.15, 0.2) is 101 Å². The lowest BCUT2D eigenvalue weighted by atomic mass is 9.94. The molecular weight excluding hydrogens is 999 g/mol. The molecule has 5 aromatic rings. The Hall–Kier alpha value is -8.78. The summed E-state index contributed by atoms with van der Waals surface area (Å²) in [5.74, 6) is -1.32. The summed E-state index contributed by atoms with van der Waals surface area (Å²) in [6, 6.07) is 24.5. The molecule has 4 heterocycles. The number of benzene rings is 5. The lowest BCUT2D eigenvalue weighted by molar-refractivity contribution is -0.132. The predicted octanol–water partition coefficient (Wildman–Crippen LogP) is 5.82. The second-order valence-electron chi connectivity index (χ2n) is 19.9. The maximum absolute atomic E-state index is 14.4. The van der Waals surface area contributed by atoms with Gasteiger partial charge in [-0.05, 0) is 95.3 Å². The number of aliphatic hydroxyl groups is 1. The van der Waals surface area contributed by atoms with E-state index < -0.39 is 42.4 Å². The van der Waals surface area contributed by atoms with Gasteiger partial charge in [0, 0.05) is 56.3 Å². The molecule has 0 aliphatic carbocycles. The Morgan fingerprint density at radius 1 is 0.692 bits per heavy atom. The molecule has 0 bridgehead atoms. The van der Waals surface area contributed by atoms with Crippen LogP contribution in [-0.2, 0) is 53.5 Å². The molecule has 4 atom stereocenters. The standard InChI is InChI=1S/C58H63N9O11/c1-33(2)53(65-52(69)15-17-68)55(71)64-45(14-9-16-60-58(59)74)54(70)63-40-19-34(31-77-50-25-46-43(23-48(50)75-3)56(72)66-29-38-12-7-5-10-36(38)21-41(66)27-61-46)18-35(20-40)32-78-51-26-47-44(24-49(51)76-4)57(73)67-30-39-13-8-6-11-37(39)22-42(67)28-62-47/h5-8,10-13,18-20,23-28,33,41-42,45,53,68H,9,14-17,21-22,29-32H2,1-4H3,(H,63,70)(H,64,71)(H,65,69)(H3,59,60,74)/t41-,42?,45-,53-/m0/s1. The summed E-state index contributed by atoms with van der Waals surface area (Å²) >= 11 is 0. The number of aliphatic imine (C=N–C) groups is 2. The molecular formula is C58H63N9O11. The van der Waals surface area contributed by atoms with Crippen molar-refractivity contribution in [1.29, 1.82) is 0 Å². The maximum Gasteiger partial charge on any atom is 0.312 e. The molecule has 0 spiro atoms. The zero-order chi connectivity index (χ0) is 55.0. The first kappa shape index (κ1) is 54.0. The Kier molecular flexibility index (Phi) is 16.7. The number of carbonyl (C=O) groups excluding carboxylic acids is 6. The molecule has 7 amide bonds. The second-order valence-corrected chi connectivity index (χ2v) is 19.9. The van der Waals surface area contributed by atoms with Crippen LogP contribution in [0, 0.1) is 5.92 Å². The van der Waals surface area contributed by atoms with Crippen LogP contribution in [0.5, 0.6) is 23.0 Å². The molecule has 20 heteroatoms. The number of hydrogen-bond acceptors (Lipinski definition) is 13. The van der Waals surface area contributed by atoms with Gasteiger partial charge in [-0.3, -0.25) is 34.0 Å². The molecule has 4 aliphatic heterocycles. The number of methoxy groups -OCH3 is 2. The number of urea groups is 1. The van der Waals surface area contributed by atoms with Crippen molar-refractivity contribution < 1.29 is 52.8 Å². The third kappa shape index (κ3) is 12.2. The van der Waals surface area contributed by atoms with Crippen molar-refractivity contribution in [3.05, 3.63) is 136 Å². The summed E-state index contributed by atoms with van der Waals surface area (Å²) in [5, 5.41) is 20.2. The predicted molar refractivity (Wildman–Crippen MR) is 291 cm³/mol. The molecule has 7 N–H and O–H groups in total. The lowest BCUT2D eigenvalue weighted by Crippen LogP contribution is -2.54. The molecule has 78 heavy (non-hydrogen) atoms. The van der Waals surface area contributed by atoms with Crippen LogP contribution in [0.1, 0.15) is 87.2 Å². The van der Waals surface area contributed by atoms with E-state index in [-0.39, 0.29) is 68.8 Å². The molecule has 9 rings (SSSR count). The first-order valence-corrected chi connectivity index (χ1v) is 25.9. The number of aliphatic hydroxyl groups excluding tert-OH is 1. The monoisotopic (exact) mass is 1060 g/mol. The van der Waals surface area contributed by atoms with Crippen LogP contribution in [0.4, 0.5) is 21.9 Å². The van der Waals surface area contributed by atoms with Gasteiger partial charge in [0.2, 0.25) is 17.7 Å². The normalized spacial score (nSPS) is 16.6. The number of anilines is 1. The molecule has 5 aromatic carbocycles. The summed E-state index contributed by atoms with van der Waals surface area (Å²) in [4.78, 5) is 93.7. The van der Waals surface area contributed by atoms with E-state index in [4.69, 9.17) is 34.7 Å². The third-order valence-corrected chi connectivity index (χ3v) is 14.2. The van der Waals surface area contributed by atoms with Crippen LogP contribution in [-0.4, -0.2) is 114 Å². The average molecular weight is 1060 g/mol. The van der Waals surface area contributed by atoms with E-state index in [1.165, 1.54) is 14.2 Å². The molecule has 0 radical (unpaired) electrons. The molecule has 0 fully saturated rings. The fourth-order valence-electron chi connectivity index (χ4n) is 10.1. The minimum absolute atomic E-state index is 0.0646. The van der Waals surface area contributed by atoms with E-state index in [0.717, 1.165) is 22.3 Å². The summed E-state index contributed by atoms with van der Waals surface area (Å²) in [6.45, 7) is 3.91. The highest BCUT2D eigenvalue weighted by Gasteiger charge is 2.36. The number of nitrogens with one attached hydrogen (secondary N) is 4. The van der Waals surface area contributed by atoms with Gasteiger partial charge in [0.25, 0.3) is 11.8 Å². The van der Waals surface area contributed by atoms with Crippen molar-refractivity contribution in [3.63, 3.8) is 0 Å². The zero-order valence-electron chi connectivity index (χ0n) is 43.9. The van der Waals surface area contributed by atoms with E-state index >= 15 is 0 Å². The number of nitrogens with two attached hydrogens (primary N) is 1. The Bertz CT molecular complexity index is 3030. The van der Waals surface area contributed by atoms with Crippen LogP contribution >= 0.6 is 0 Å². The highest BCUT2D eigenvalue weighted by molar-refractivity contribution is 6.05. The number of fused-ring (bicyclic) bond motifs is 6. The Morgan fingerprint density at radius 2 is 1.21 bits per heavy atom. The number of hydrogen-bond donors (Lipinski definition) is 6. The quantitative estimate of drug-likeness (QED) is 0.0506. The van der Waals surface area contributed by atoms with Gasteiger partial charge in [0.1, 0.15) is 25.3 Å². The number of primary amides is 1. The average Bonchev–Trinajstić information content (AvgIpc) is 3.76. The van der Waals surface area contributed by atoms with Crippen molar-refractivity contribution >= 4 is 65.1 Å². The van der Waals surface area contributed by atoms with Crippen molar-refractivity contribution in [3.8, 4) is 23.0 Å². The summed E-state index contributed by atoms with van der Waals surface area (Å²) in [7, 11) is 2.97. The number of carbonyl (C=O) groups is 6. The Balaban J connectivity index is 1.00. The minimum Gasteiger partial charge on any atom is -0.493 e. The fraction of sp³-hybridized carbons (Fsp3) is 0.345. The number of nitrogens with zero attached hydrogens (tertiary/aromatic N) is 4. The number of ether oxygens (including phenoxy) is 4. The highest BCUT2D eigenvalue weighted by atomic mass is 16.5. The lowest BCUT2D eigenvalue weighted by Gasteiger charge is -2.34. The van der Waals surface area contributed by atoms with Gasteiger partial charge < -0.3 is 60.9 Å². The fourth-order valence-corrected chi connectivity index (χ4v) is 10.1. The summed E-state index contributed by atoms with van der Waals surface area (Å²) in [5.41, 5.74) is 12.8. The van der Waals surface area contributed by atoms with E-state index in [1.54, 1.807) is 62.7 Å². The van der Waals surface area contributed by atoms with Crippen LogP contribution in [0.25, 0.3) is 0 Å². The molecule has 0 saturated heterocycles. The van der Waals surface area contributed by atoms with Crippen molar-refractivity contribution in [1.82, 2.24) is 25.8 Å². The van der Waals surface area contributed by atoms with Gasteiger partial charge in [0.15, 0.2) is 23.0 Å². The molecule has 0 saturated carbocycles. The SMILES string of the molecule is COc1cc2c(cc1OCc1cc(COc3cc4c(cc3OC)C(=O)N3Cc5ccccc5C[C@H]3C=N4)cc(NC(=O)[C@H](CCCNC(N)=O)NC(=O)[C@@H](NC(=O)CCO)C(C)C)c1)N=CC1Cc3ccccc3CN1C2=O. The first-order valence-electron chi connectivity index (χ1n) is 25.9. The van der Waals surface area contributed by atoms with E-state index in [1.807, 2.05) is 52.3 Å². The van der Waals surface area contributed by atoms with Gasteiger partial charge in [0.05, 0.1) is 55.4 Å². The Morgan fingerprint density at radius 3 is 1.68 bits per heavy atom. The molecule has 4 aliphatic rings. The largest absolute Gasteiger partial charge is 0.493 e. The topological polar surface area (TPSA) is 265 Å². The Labute approximate surface area is 451 Å². The van der Waals surface area contributed by atoms with Gasteiger partial charge >= 0.3 is 6.03 Å². The maximum atomic E-state index is 14.4. The molecule has 406 valence electrons. The third-order valence-electron chi connectivity index (χ3n) is 14.2. The smallest absolute Gasteiger partial charge is 0.312 e. The molecule has 20 nitrogen and oxygen atoms in total. The second kappa shape index (κ2) is 24.0. The van der Waals surface area contributed by atoms with E-state index in [0.29, 0.717) is 88.2 Å². The van der Waals surface area contributed by atoms with Crippen LogP contribution < -0.4 is 45.9 Å².